The van der Waals surface area contributed by atoms with Crippen LogP contribution in [0.15, 0.2) is 0 Å². The molecule has 0 aromatic carbocycles. The summed E-state index contributed by atoms with van der Waals surface area (Å²) in [5.41, 5.74) is 0. The van der Waals surface area contributed by atoms with Gasteiger partial charge in [0.1, 0.15) is 0 Å². The molecule has 0 radical (unpaired) electrons. The molecular weight excluding hydrogens is 198 g/mol. The van der Waals surface area contributed by atoms with Crippen molar-refractivity contribution in [1.82, 2.24) is 5.32 Å². The molecular formula is C10H19NO2S. The maximum Gasteiger partial charge on any atom is 0.233 e. The average molecular weight is 217 g/mol. The summed E-state index contributed by atoms with van der Waals surface area (Å²) in [6.45, 7) is 2.07. The second-order valence-corrected chi connectivity index (χ2v) is 5.09. The lowest BCUT2D eigenvalue weighted by atomic mass is 10.1. The Morgan fingerprint density at radius 1 is 1.64 bits per heavy atom. The van der Waals surface area contributed by atoms with E-state index >= 15 is 0 Å². The number of aliphatic hydroxyl groups excluding tert-OH is 1. The molecule has 0 spiro atoms. The number of hydrogen-bond acceptors (Lipinski definition) is 3. The van der Waals surface area contributed by atoms with E-state index in [1.54, 1.807) is 11.8 Å². The largest absolute Gasteiger partial charge is 0.396 e. The van der Waals surface area contributed by atoms with E-state index in [9.17, 15) is 4.79 Å². The van der Waals surface area contributed by atoms with Gasteiger partial charge in [-0.3, -0.25) is 4.79 Å². The van der Waals surface area contributed by atoms with Gasteiger partial charge in [-0.1, -0.05) is 6.42 Å². The summed E-state index contributed by atoms with van der Waals surface area (Å²) in [5.74, 6) is 1.25. The molecule has 2 atom stereocenters. The van der Waals surface area contributed by atoms with E-state index in [2.05, 4.69) is 5.32 Å². The third-order valence-corrected chi connectivity index (χ3v) is 3.80. The second-order valence-electron chi connectivity index (χ2n) is 3.78. The SMILES string of the molecule is CC(CCO)NC(=O)C1CCCCS1. The monoisotopic (exact) mass is 217 g/mol. The van der Waals surface area contributed by atoms with Crippen LogP contribution in [0.4, 0.5) is 0 Å². The van der Waals surface area contributed by atoms with Gasteiger partial charge in [0.2, 0.25) is 5.91 Å². The van der Waals surface area contributed by atoms with E-state index < -0.39 is 0 Å². The van der Waals surface area contributed by atoms with Crippen LogP contribution >= 0.6 is 11.8 Å². The van der Waals surface area contributed by atoms with Gasteiger partial charge in [0.25, 0.3) is 0 Å². The van der Waals surface area contributed by atoms with Crippen molar-refractivity contribution in [2.24, 2.45) is 0 Å². The van der Waals surface area contributed by atoms with Crippen molar-refractivity contribution in [3.05, 3.63) is 0 Å². The van der Waals surface area contributed by atoms with Gasteiger partial charge in [-0.05, 0) is 31.9 Å². The summed E-state index contributed by atoms with van der Waals surface area (Å²) in [6.07, 6.45) is 4.05. The Labute approximate surface area is 89.6 Å². The van der Waals surface area contributed by atoms with E-state index in [-0.39, 0.29) is 23.8 Å². The van der Waals surface area contributed by atoms with Crippen LogP contribution in [0.1, 0.15) is 32.6 Å². The fourth-order valence-corrected chi connectivity index (χ4v) is 2.76. The first-order valence-electron chi connectivity index (χ1n) is 5.27. The van der Waals surface area contributed by atoms with Gasteiger partial charge in [0.05, 0.1) is 5.25 Å². The van der Waals surface area contributed by atoms with Gasteiger partial charge >= 0.3 is 0 Å². The van der Waals surface area contributed by atoms with Gasteiger partial charge in [0.15, 0.2) is 0 Å². The lowest BCUT2D eigenvalue weighted by molar-refractivity contribution is -0.121. The van der Waals surface area contributed by atoms with Crippen LogP contribution in [-0.2, 0) is 4.79 Å². The molecule has 1 aliphatic heterocycles. The Kier molecular flexibility index (Phi) is 5.33. The number of carbonyl (C=O) groups excluding carboxylic acids is 1. The molecule has 2 N–H and O–H groups in total. The molecule has 0 saturated carbocycles. The van der Waals surface area contributed by atoms with Crippen molar-refractivity contribution in [2.75, 3.05) is 12.4 Å². The van der Waals surface area contributed by atoms with Crippen molar-refractivity contribution < 1.29 is 9.90 Å². The van der Waals surface area contributed by atoms with Crippen molar-refractivity contribution in [3.8, 4) is 0 Å². The molecule has 0 aromatic heterocycles. The summed E-state index contributed by atoms with van der Waals surface area (Å²) < 4.78 is 0. The Hall–Kier alpha value is -0.220. The molecule has 1 rings (SSSR count). The molecule has 2 unspecified atom stereocenters. The van der Waals surface area contributed by atoms with Crippen molar-refractivity contribution in [1.29, 1.82) is 0 Å². The minimum atomic E-state index is 0.0926. The number of hydrogen-bond donors (Lipinski definition) is 2. The number of aliphatic hydroxyl groups is 1. The fourth-order valence-electron chi connectivity index (χ4n) is 1.55. The van der Waals surface area contributed by atoms with E-state index in [1.807, 2.05) is 6.92 Å². The number of thioether (sulfide) groups is 1. The number of amides is 1. The first kappa shape index (κ1) is 11.9. The van der Waals surface area contributed by atoms with E-state index in [0.29, 0.717) is 6.42 Å². The normalized spacial score (nSPS) is 24.3. The summed E-state index contributed by atoms with van der Waals surface area (Å²) in [6, 6.07) is 0.0926. The highest BCUT2D eigenvalue weighted by Crippen LogP contribution is 2.25. The zero-order chi connectivity index (χ0) is 10.4. The zero-order valence-corrected chi connectivity index (χ0v) is 9.48. The van der Waals surface area contributed by atoms with Gasteiger partial charge in [-0.25, -0.2) is 0 Å². The lowest BCUT2D eigenvalue weighted by Gasteiger charge is -2.22. The molecule has 1 amide bonds. The number of rotatable bonds is 4. The summed E-state index contributed by atoms with van der Waals surface area (Å²) in [5, 5.41) is 11.8. The smallest absolute Gasteiger partial charge is 0.233 e. The second kappa shape index (κ2) is 6.30. The van der Waals surface area contributed by atoms with Crippen LogP contribution in [-0.4, -0.2) is 34.7 Å². The van der Waals surface area contributed by atoms with Gasteiger partial charge in [-0.2, -0.15) is 0 Å². The molecule has 0 aromatic rings. The minimum absolute atomic E-state index is 0.0926. The minimum Gasteiger partial charge on any atom is -0.396 e. The van der Waals surface area contributed by atoms with Gasteiger partial charge < -0.3 is 10.4 Å². The first-order chi connectivity index (χ1) is 6.74. The third-order valence-electron chi connectivity index (χ3n) is 2.42. The van der Waals surface area contributed by atoms with Gasteiger partial charge in [0, 0.05) is 12.6 Å². The molecule has 14 heavy (non-hydrogen) atoms. The molecule has 1 heterocycles. The summed E-state index contributed by atoms with van der Waals surface area (Å²) >= 11 is 1.76. The predicted octanol–water partition coefficient (Wildman–Crippen LogP) is 1.16. The zero-order valence-electron chi connectivity index (χ0n) is 8.66. The highest BCUT2D eigenvalue weighted by atomic mass is 32.2. The van der Waals surface area contributed by atoms with Gasteiger partial charge in [-0.15, -0.1) is 11.8 Å². The molecule has 0 aliphatic carbocycles. The molecule has 4 heteroatoms. The van der Waals surface area contributed by atoms with Crippen LogP contribution in [0.2, 0.25) is 0 Å². The van der Waals surface area contributed by atoms with E-state index in [4.69, 9.17) is 5.11 Å². The highest BCUT2D eigenvalue weighted by Gasteiger charge is 2.22. The highest BCUT2D eigenvalue weighted by molar-refractivity contribution is 8.00. The van der Waals surface area contributed by atoms with Crippen LogP contribution < -0.4 is 5.32 Å². The topological polar surface area (TPSA) is 49.3 Å². The Bertz CT molecular complexity index is 181. The molecule has 3 nitrogen and oxygen atoms in total. The maximum absolute atomic E-state index is 11.7. The molecule has 1 fully saturated rings. The number of nitrogens with one attached hydrogen (secondary N) is 1. The predicted molar refractivity (Wildman–Crippen MR) is 59.4 cm³/mol. The quantitative estimate of drug-likeness (QED) is 0.743. The van der Waals surface area contributed by atoms with Crippen LogP contribution in [0.3, 0.4) is 0 Å². The van der Waals surface area contributed by atoms with E-state index in [1.165, 1.54) is 12.8 Å². The summed E-state index contributed by atoms with van der Waals surface area (Å²) in [7, 11) is 0. The summed E-state index contributed by atoms with van der Waals surface area (Å²) in [4.78, 5) is 11.7. The van der Waals surface area contributed by atoms with Crippen LogP contribution in [0, 0.1) is 0 Å². The van der Waals surface area contributed by atoms with Crippen molar-refractivity contribution in [2.45, 2.75) is 43.9 Å². The third kappa shape index (κ3) is 3.88. The first-order valence-corrected chi connectivity index (χ1v) is 6.31. The van der Waals surface area contributed by atoms with Crippen molar-refractivity contribution >= 4 is 17.7 Å². The molecule has 1 saturated heterocycles. The standard InChI is InChI=1S/C10H19NO2S/c1-8(5-6-12)11-10(13)9-4-2-3-7-14-9/h8-9,12H,2-7H2,1H3,(H,11,13). The Balaban J connectivity index is 2.25. The van der Waals surface area contributed by atoms with Crippen molar-refractivity contribution in [3.63, 3.8) is 0 Å². The lowest BCUT2D eigenvalue weighted by Crippen LogP contribution is -2.40. The Morgan fingerprint density at radius 2 is 2.43 bits per heavy atom. The average Bonchev–Trinajstić information content (AvgIpc) is 2.19. The number of carbonyl (C=O) groups is 1. The van der Waals surface area contributed by atoms with Crippen LogP contribution in [0.25, 0.3) is 0 Å². The molecule has 82 valence electrons. The Morgan fingerprint density at radius 3 is 3.00 bits per heavy atom. The molecule has 1 aliphatic rings. The fraction of sp³-hybridized carbons (Fsp3) is 0.900. The molecule has 0 bridgehead atoms. The van der Waals surface area contributed by atoms with E-state index in [0.717, 1.165) is 12.2 Å². The maximum atomic E-state index is 11.7. The van der Waals surface area contributed by atoms with Crippen LogP contribution in [0.5, 0.6) is 0 Å².